The smallest absolute Gasteiger partial charge is 0.305 e. The van der Waals surface area contributed by atoms with Crippen molar-refractivity contribution in [2.45, 2.75) is 32.2 Å². The van der Waals surface area contributed by atoms with Crippen molar-refractivity contribution in [1.82, 2.24) is 15.3 Å². The first-order chi connectivity index (χ1) is 9.52. The maximum atomic E-state index is 11.9. The van der Waals surface area contributed by atoms with Crippen LogP contribution < -0.4 is 10.2 Å². The number of nitrogens with one attached hydrogen (secondary N) is 1. The van der Waals surface area contributed by atoms with Crippen molar-refractivity contribution in [2.24, 2.45) is 0 Å². The Labute approximate surface area is 118 Å². The highest BCUT2D eigenvalue weighted by Gasteiger charge is 2.16. The van der Waals surface area contributed by atoms with Crippen molar-refractivity contribution in [1.29, 1.82) is 0 Å². The Hall–Kier alpha value is -2.18. The Balaban J connectivity index is 2.50. The minimum atomic E-state index is -0.913. The summed E-state index contributed by atoms with van der Waals surface area (Å²) in [5.74, 6) is -0.698. The monoisotopic (exact) mass is 280 g/mol. The summed E-state index contributed by atoms with van der Waals surface area (Å²) < 4.78 is 0. The number of aliphatic carboxylic acids is 1. The standard InChI is InChI=1S/C13H20N4O3/c1-3-5-10(8-12(19)20)16-11(18)9-17(2)13-14-6-4-7-15-13/h4,6-7,10H,3,5,8-9H2,1-2H3,(H,16,18)(H,19,20). The molecular formula is C13H20N4O3. The molecule has 1 rings (SSSR count). The maximum absolute atomic E-state index is 11.9. The number of carboxylic acid groups (broad SMARTS) is 1. The normalized spacial score (nSPS) is 11.7. The van der Waals surface area contributed by atoms with Gasteiger partial charge in [0.25, 0.3) is 0 Å². The van der Waals surface area contributed by atoms with E-state index >= 15 is 0 Å². The van der Waals surface area contributed by atoms with Crippen LogP contribution in [0.3, 0.4) is 0 Å². The first-order valence-electron chi connectivity index (χ1n) is 6.52. The molecule has 0 aliphatic heterocycles. The Morgan fingerprint density at radius 1 is 1.40 bits per heavy atom. The topological polar surface area (TPSA) is 95.4 Å². The Morgan fingerprint density at radius 2 is 2.05 bits per heavy atom. The Bertz CT molecular complexity index is 439. The molecule has 1 aromatic heterocycles. The summed E-state index contributed by atoms with van der Waals surface area (Å²) >= 11 is 0. The lowest BCUT2D eigenvalue weighted by molar-refractivity contribution is -0.137. The molecule has 0 aromatic carbocycles. The number of nitrogens with zero attached hydrogens (tertiary/aromatic N) is 3. The van der Waals surface area contributed by atoms with Gasteiger partial charge in [0, 0.05) is 25.5 Å². The van der Waals surface area contributed by atoms with E-state index in [0.717, 1.165) is 6.42 Å². The number of carbonyl (C=O) groups excluding carboxylic acids is 1. The van der Waals surface area contributed by atoms with E-state index < -0.39 is 5.97 Å². The van der Waals surface area contributed by atoms with Gasteiger partial charge in [0.05, 0.1) is 13.0 Å². The highest BCUT2D eigenvalue weighted by atomic mass is 16.4. The fourth-order valence-corrected chi connectivity index (χ4v) is 1.83. The highest BCUT2D eigenvalue weighted by Crippen LogP contribution is 2.04. The van der Waals surface area contributed by atoms with Gasteiger partial charge in [-0.25, -0.2) is 9.97 Å². The first-order valence-corrected chi connectivity index (χ1v) is 6.52. The molecule has 1 amide bonds. The lowest BCUT2D eigenvalue weighted by Crippen LogP contribution is -2.42. The summed E-state index contributed by atoms with van der Waals surface area (Å²) in [5.41, 5.74) is 0. The van der Waals surface area contributed by atoms with Gasteiger partial charge in [0.15, 0.2) is 0 Å². The number of hydrogen-bond donors (Lipinski definition) is 2. The summed E-state index contributed by atoms with van der Waals surface area (Å²) in [5, 5.41) is 11.5. The van der Waals surface area contributed by atoms with Crippen LogP contribution in [0, 0.1) is 0 Å². The molecule has 1 heterocycles. The van der Waals surface area contributed by atoms with E-state index in [9.17, 15) is 9.59 Å². The van der Waals surface area contributed by atoms with E-state index in [1.165, 1.54) is 0 Å². The molecule has 0 aliphatic carbocycles. The van der Waals surface area contributed by atoms with Crippen LogP contribution in [0.2, 0.25) is 0 Å². The van der Waals surface area contributed by atoms with Gasteiger partial charge in [0.2, 0.25) is 11.9 Å². The zero-order valence-electron chi connectivity index (χ0n) is 11.7. The van der Waals surface area contributed by atoms with Crippen LogP contribution in [0.5, 0.6) is 0 Å². The first kappa shape index (κ1) is 15.9. The molecule has 0 spiro atoms. The van der Waals surface area contributed by atoms with Gasteiger partial charge < -0.3 is 15.3 Å². The third kappa shape index (κ3) is 5.64. The zero-order chi connectivity index (χ0) is 15.0. The van der Waals surface area contributed by atoms with E-state index in [1.54, 1.807) is 30.4 Å². The quantitative estimate of drug-likeness (QED) is 0.726. The van der Waals surface area contributed by atoms with E-state index in [4.69, 9.17) is 5.11 Å². The van der Waals surface area contributed by atoms with Crippen molar-refractivity contribution in [3.8, 4) is 0 Å². The van der Waals surface area contributed by atoms with E-state index in [-0.39, 0.29) is 24.9 Å². The van der Waals surface area contributed by atoms with Gasteiger partial charge in [-0.1, -0.05) is 13.3 Å². The average Bonchev–Trinajstić information content (AvgIpc) is 2.39. The summed E-state index contributed by atoms with van der Waals surface area (Å²) in [6, 6.07) is 1.36. The van der Waals surface area contributed by atoms with Gasteiger partial charge >= 0.3 is 5.97 Å². The number of carbonyl (C=O) groups is 2. The molecular weight excluding hydrogens is 260 g/mol. The van der Waals surface area contributed by atoms with E-state index in [2.05, 4.69) is 15.3 Å². The van der Waals surface area contributed by atoms with Crippen molar-refractivity contribution < 1.29 is 14.7 Å². The van der Waals surface area contributed by atoms with Crippen molar-refractivity contribution in [3.63, 3.8) is 0 Å². The number of likely N-dealkylation sites (N-methyl/N-ethyl adjacent to an activating group) is 1. The van der Waals surface area contributed by atoms with Crippen molar-refractivity contribution in [3.05, 3.63) is 18.5 Å². The molecule has 1 aromatic rings. The third-order valence-electron chi connectivity index (χ3n) is 2.70. The molecule has 0 bridgehead atoms. The lowest BCUT2D eigenvalue weighted by Gasteiger charge is -2.20. The number of carboxylic acids is 1. The van der Waals surface area contributed by atoms with E-state index in [1.807, 2.05) is 6.92 Å². The predicted octanol–water partition coefficient (Wildman–Crippen LogP) is 0.672. The van der Waals surface area contributed by atoms with Crippen LogP contribution in [0.15, 0.2) is 18.5 Å². The second-order valence-electron chi connectivity index (χ2n) is 4.56. The predicted molar refractivity (Wildman–Crippen MR) is 74.4 cm³/mol. The molecule has 20 heavy (non-hydrogen) atoms. The Morgan fingerprint density at radius 3 is 2.60 bits per heavy atom. The molecule has 0 saturated heterocycles. The minimum absolute atomic E-state index is 0.0644. The van der Waals surface area contributed by atoms with Gasteiger partial charge in [0.1, 0.15) is 0 Å². The van der Waals surface area contributed by atoms with Crippen LogP contribution in [0.25, 0.3) is 0 Å². The van der Waals surface area contributed by atoms with Crippen LogP contribution in [0.1, 0.15) is 26.2 Å². The van der Waals surface area contributed by atoms with E-state index in [0.29, 0.717) is 12.4 Å². The maximum Gasteiger partial charge on any atom is 0.305 e. The second-order valence-corrected chi connectivity index (χ2v) is 4.56. The van der Waals surface area contributed by atoms with Gasteiger partial charge in [-0.15, -0.1) is 0 Å². The minimum Gasteiger partial charge on any atom is -0.481 e. The van der Waals surface area contributed by atoms with Crippen molar-refractivity contribution >= 4 is 17.8 Å². The van der Waals surface area contributed by atoms with Crippen molar-refractivity contribution in [2.75, 3.05) is 18.5 Å². The molecule has 0 aliphatic rings. The Kier molecular flexibility index (Phi) is 6.42. The summed E-state index contributed by atoms with van der Waals surface area (Å²) in [6.07, 6.45) is 4.59. The molecule has 1 atom stereocenters. The molecule has 2 N–H and O–H groups in total. The number of amides is 1. The fraction of sp³-hybridized carbons (Fsp3) is 0.538. The van der Waals surface area contributed by atoms with Gasteiger partial charge in [-0.05, 0) is 12.5 Å². The van der Waals surface area contributed by atoms with Gasteiger partial charge in [-0.3, -0.25) is 9.59 Å². The summed E-state index contributed by atoms with van der Waals surface area (Å²) in [7, 11) is 1.71. The number of aromatic nitrogens is 2. The summed E-state index contributed by atoms with van der Waals surface area (Å²) in [4.78, 5) is 32.3. The largest absolute Gasteiger partial charge is 0.481 e. The highest BCUT2D eigenvalue weighted by molar-refractivity contribution is 5.81. The van der Waals surface area contributed by atoms with Gasteiger partial charge in [-0.2, -0.15) is 0 Å². The van der Waals surface area contributed by atoms with Crippen LogP contribution >= 0.6 is 0 Å². The lowest BCUT2D eigenvalue weighted by atomic mass is 10.1. The zero-order valence-corrected chi connectivity index (χ0v) is 11.7. The summed E-state index contributed by atoms with van der Waals surface area (Å²) in [6.45, 7) is 2.04. The number of anilines is 1. The molecule has 0 saturated carbocycles. The average molecular weight is 280 g/mol. The SMILES string of the molecule is CCCC(CC(=O)O)NC(=O)CN(C)c1ncccn1. The fourth-order valence-electron chi connectivity index (χ4n) is 1.83. The number of hydrogen-bond acceptors (Lipinski definition) is 5. The van der Waals surface area contributed by atoms with Crippen LogP contribution in [-0.2, 0) is 9.59 Å². The molecule has 0 radical (unpaired) electrons. The molecule has 110 valence electrons. The molecule has 0 fully saturated rings. The molecule has 7 nitrogen and oxygen atoms in total. The second kappa shape index (κ2) is 8.08. The van der Waals surface area contributed by atoms with Crippen LogP contribution in [0.4, 0.5) is 5.95 Å². The molecule has 7 heteroatoms. The third-order valence-corrected chi connectivity index (χ3v) is 2.70. The number of rotatable bonds is 8. The molecule has 1 unspecified atom stereocenters. The van der Waals surface area contributed by atoms with Crippen LogP contribution in [-0.4, -0.2) is 46.6 Å².